The second-order valence-electron chi connectivity index (χ2n) is 4.46. The van der Waals surface area contributed by atoms with Crippen molar-refractivity contribution in [1.29, 1.82) is 0 Å². The molecular formula is C15H15NO4. The van der Waals surface area contributed by atoms with E-state index in [9.17, 15) is 9.59 Å². The minimum absolute atomic E-state index is 0.0192. The molecule has 2 rings (SSSR count). The predicted molar refractivity (Wildman–Crippen MR) is 74.5 cm³/mol. The minimum Gasteiger partial charge on any atom is -0.479 e. The first kappa shape index (κ1) is 14.0. The quantitative estimate of drug-likeness (QED) is 0.768. The molecule has 1 atom stereocenters. The molecule has 5 nitrogen and oxygen atoms in total. The van der Waals surface area contributed by atoms with E-state index in [1.165, 1.54) is 0 Å². The highest BCUT2D eigenvalue weighted by Crippen LogP contribution is 2.15. The highest BCUT2D eigenvalue weighted by Gasteiger charge is 2.13. The van der Waals surface area contributed by atoms with E-state index >= 15 is 0 Å². The molecule has 0 fully saturated rings. The number of aliphatic hydroxyl groups is 1. The van der Waals surface area contributed by atoms with Crippen LogP contribution in [0.25, 0.3) is 10.8 Å². The predicted octanol–water partition coefficient (Wildman–Crippen LogP) is 1.41. The van der Waals surface area contributed by atoms with Gasteiger partial charge in [0.05, 0.1) is 0 Å². The van der Waals surface area contributed by atoms with E-state index in [1.807, 2.05) is 30.3 Å². The summed E-state index contributed by atoms with van der Waals surface area (Å²) in [5, 5.41) is 22.2. The Morgan fingerprint density at radius 2 is 1.80 bits per heavy atom. The van der Waals surface area contributed by atoms with Gasteiger partial charge in [0.15, 0.2) is 6.10 Å². The maximum Gasteiger partial charge on any atom is 0.332 e. The second kappa shape index (κ2) is 6.16. The molecule has 2 aromatic rings. The fraction of sp³-hybridized carbons (Fsp3) is 0.200. The molecule has 0 unspecified atom stereocenters. The number of carbonyl (C=O) groups excluding carboxylic acids is 1. The lowest BCUT2D eigenvalue weighted by atomic mass is 10.1. The number of carboxylic acids is 1. The van der Waals surface area contributed by atoms with E-state index in [4.69, 9.17) is 10.2 Å². The van der Waals surface area contributed by atoms with Crippen molar-refractivity contribution in [3.05, 3.63) is 48.0 Å². The summed E-state index contributed by atoms with van der Waals surface area (Å²) in [5.74, 6) is -1.57. The molecule has 0 spiro atoms. The molecule has 20 heavy (non-hydrogen) atoms. The maximum atomic E-state index is 11.9. The Morgan fingerprint density at radius 3 is 2.50 bits per heavy atom. The Kier molecular flexibility index (Phi) is 4.32. The van der Waals surface area contributed by atoms with Gasteiger partial charge in [-0.15, -0.1) is 0 Å². The van der Waals surface area contributed by atoms with Crippen LogP contribution in [0.15, 0.2) is 42.5 Å². The van der Waals surface area contributed by atoms with Crippen LogP contribution in [-0.4, -0.2) is 34.7 Å². The molecule has 0 saturated carbocycles. The highest BCUT2D eigenvalue weighted by atomic mass is 16.4. The van der Waals surface area contributed by atoms with Gasteiger partial charge in [0, 0.05) is 18.5 Å². The van der Waals surface area contributed by atoms with Crippen LogP contribution in [0.5, 0.6) is 0 Å². The van der Waals surface area contributed by atoms with E-state index in [1.54, 1.807) is 12.1 Å². The first-order valence-corrected chi connectivity index (χ1v) is 6.26. The smallest absolute Gasteiger partial charge is 0.332 e. The number of amides is 1. The fourth-order valence-corrected chi connectivity index (χ4v) is 1.88. The molecule has 5 heteroatoms. The highest BCUT2D eigenvalue weighted by molar-refractivity contribution is 5.98. The third-order valence-electron chi connectivity index (χ3n) is 3.00. The van der Waals surface area contributed by atoms with Crippen LogP contribution < -0.4 is 5.32 Å². The summed E-state index contributed by atoms with van der Waals surface area (Å²) in [6, 6.07) is 13.0. The standard InChI is InChI=1S/C15H15NO4/c17-13(15(19)20)7-8-16-14(18)12-6-5-10-3-1-2-4-11(10)9-12/h1-6,9,13,17H,7-8H2,(H,16,18)(H,19,20)/t13-/m0/s1. The number of hydrogen-bond donors (Lipinski definition) is 3. The minimum atomic E-state index is -1.45. The number of carboxylic acid groups (broad SMARTS) is 1. The van der Waals surface area contributed by atoms with Gasteiger partial charge >= 0.3 is 5.97 Å². The van der Waals surface area contributed by atoms with Crippen molar-refractivity contribution in [2.45, 2.75) is 12.5 Å². The monoisotopic (exact) mass is 273 g/mol. The van der Waals surface area contributed by atoms with Crippen LogP contribution in [0.1, 0.15) is 16.8 Å². The van der Waals surface area contributed by atoms with Crippen molar-refractivity contribution in [2.75, 3.05) is 6.54 Å². The molecule has 3 N–H and O–H groups in total. The molecule has 0 aliphatic heterocycles. The molecule has 104 valence electrons. The first-order valence-electron chi connectivity index (χ1n) is 6.26. The van der Waals surface area contributed by atoms with Crippen LogP contribution in [0.4, 0.5) is 0 Å². The molecule has 0 saturated heterocycles. The Morgan fingerprint density at radius 1 is 1.10 bits per heavy atom. The van der Waals surface area contributed by atoms with Gasteiger partial charge in [-0.25, -0.2) is 4.79 Å². The molecule has 1 amide bonds. The first-order chi connectivity index (χ1) is 9.58. The number of hydrogen-bond acceptors (Lipinski definition) is 3. The summed E-state index contributed by atoms with van der Waals surface area (Å²) in [4.78, 5) is 22.3. The van der Waals surface area contributed by atoms with Crippen molar-refractivity contribution < 1.29 is 19.8 Å². The molecule has 0 bridgehead atoms. The van der Waals surface area contributed by atoms with Gasteiger partial charge in [-0.05, 0) is 22.9 Å². The van der Waals surface area contributed by atoms with Gasteiger partial charge in [-0.2, -0.15) is 0 Å². The van der Waals surface area contributed by atoms with Crippen molar-refractivity contribution in [2.24, 2.45) is 0 Å². The van der Waals surface area contributed by atoms with Gasteiger partial charge in [-0.1, -0.05) is 30.3 Å². The lowest BCUT2D eigenvalue weighted by Gasteiger charge is -2.08. The van der Waals surface area contributed by atoms with E-state index in [0.717, 1.165) is 10.8 Å². The van der Waals surface area contributed by atoms with Crippen LogP contribution >= 0.6 is 0 Å². The van der Waals surface area contributed by atoms with Crippen molar-refractivity contribution in [3.8, 4) is 0 Å². The zero-order valence-corrected chi connectivity index (χ0v) is 10.7. The van der Waals surface area contributed by atoms with E-state index in [2.05, 4.69) is 5.32 Å². The second-order valence-corrected chi connectivity index (χ2v) is 4.46. The van der Waals surface area contributed by atoms with Gasteiger partial charge in [-0.3, -0.25) is 4.79 Å². The molecule has 2 aromatic carbocycles. The lowest BCUT2D eigenvalue weighted by Crippen LogP contribution is -2.30. The number of benzene rings is 2. The lowest BCUT2D eigenvalue weighted by molar-refractivity contribution is -0.146. The van der Waals surface area contributed by atoms with Crippen LogP contribution in [0, 0.1) is 0 Å². The molecule has 0 aliphatic rings. The summed E-state index contributed by atoms with van der Waals surface area (Å²) in [5.41, 5.74) is 0.508. The summed E-state index contributed by atoms with van der Waals surface area (Å²) >= 11 is 0. The third-order valence-corrected chi connectivity index (χ3v) is 3.00. The zero-order chi connectivity index (χ0) is 14.5. The number of rotatable bonds is 5. The van der Waals surface area contributed by atoms with E-state index < -0.39 is 12.1 Å². The third kappa shape index (κ3) is 3.33. The molecular weight excluding hydrogens is 258 g/mol. The van der Waals surface area contributed by atoms with E-state index in [-0.39, 0.29) is 18.9 Å². The van der Waals surface area contributed by atoms with Crippen LogP contribution in [-0.2, 0) is 4.79 Å². The summed E-state index contributed by atoms with van der Waals surface area (Å²) < 4.78 is 0. The maximum absolute atomic E-state index is 11.9. The van der Waals surface area contributed by atoms with Gasteiger partial charge in [0.25, 0.3) is 5.91 Å². The average Bonchev–Trinajstić information content (AvgIpc) is 2.46. The molecule has 0 heterocycles. The van der Waals surface area contributed by atoms with Crippen LogP contribution in [0.3, 0.4) is 0 Å². The van der Waals surface area contributed by atoms with Gasteiger partial charge < -0.3 is 15.5 Å². The zero-order valence-electron chi connectivity index (χ0n) is 10.7. The SMILES string of the molecule is O=C(NCC[C@H](O)C(=O)O)c1ccc2ccccc2c1. The largest absolute Gasteiger partial charge is 0.479 e. The Bertz CT molecular complexity index is 639. The Balaban J connectivity index is 1.99. The number of aliphatic carboxylic acids is 1. The van der Waals surface area contributed by atoms with Crippen molar-refractivity contribution >= 4 is 22.6 Å². The fourth-order valence-electron chi connectivity index (χ4n) is 1.88. The normalized spacial score (nSPS) is 12.1. The molecule has 0 aliphatic carbocycles. The topological polar surface area (TPSA) is 86.6 Å². The Hall–Kier alpha value is -2.40. The van der Waals surface area contributed by atoms with Gasteiger partial charge in [0.1, 0.15) is 0 Å². The summed E-state index contributed by atoms with van der Waals surface area (Å²) in [6.07, 6.45) is -1.47. The summed E-state index contributed by atoms with van der Waals surface area (Å²) in [6.45, 7) is 0.110. The number of fused-ring (bicyclic) bond motifs is 1. The molecule has 0 radical (unpaired) electrons. The number of nitrogens with one attached hydrogen (secondary N) is 1. The molecule has 0 aromatic heterocycles. The van der Waals surface area contributed by atoms with Crippen molar-refractivity contribution in [3.63, 3.8) is 0 Å². The van der Waals surface area contributed by atoms with E-state index in [0.29, 0.717) is 5.56 Å². The summed E-state index contributed by atoms with van der Waals surface area (Å²) in [7, 11) is 0. The number of aliphatic hydroxyl groups excluding tert-OH is 1. The number of carbonyl (C=O) groups is 2. The average molecular weight is 273 g/mol. The van der Waals surface area contributed by atoms with Crippen molar-refractivity contribution in [1.82, 2.24) is 5.32 Å². The van der Waals surface area contributed by atoms with Crippen LogP contribution in [0.2, 0.25) is 0 Å². The Labute approximate surface area is 115 Å². The van der Waals surface area contributed by atoms with Gasteiger partial charge in [0.2, 0.25) is 0 Å².